The summed E-state index contributed by atoms with van der Waals surface area (Å²) in [6, 6.07) is 11.3. The molecule has 2 aromatic carbocycles. The molecule has 1 N–H and O–H groups in total. The van der Waals surface area contributed by atoms with Gasteiger partial charge in [0.2, 0.25) is 5.91 Å². The fourth-order valence-electron chi connectivity index (χ4n) is 2.87. The molecule has 9 heteroatoms. The number of alkyl halides is 3. The highest BCUT2D eigenvalue weighted by Crippen LogP contribution is 2.33. The van der Waals surface area contributed by atoms with Crippen molar-refractivity contribution >= 4 is 28.8 Å². The van der Waals surface area contributed by atoms with Crippen LogP contribution in [0, 0.1) is 19.3 Å². The monoisotopic (exact) mass is 457 g/mol. The summed E-state index contributed by atoms with van der Waals surface area (Å²) in [4.78, 5) is 31.0. The number of hydrogen-bond acceptors (Lipinski definition) is 4. The van der Waals surface area contributed by atoms with Gasteiger partial charge >= 0.3 is 6.18 Å². The number of aromatic nitrogens is 1. The second-order valence-electron chi connectivity index (χ2n) is 6.94. The van der Waals surface area contributed by atoms with Gasteiger partial charge < -0.3 is 10.2 Å². The summed E-state index contributed by atoms with van der Waals surface area (Å²) >= 11 is 1.06. The molecule has 0 spiro atoms. The second kappa shape index (κ2) is 9.24. The summed E-state index contributed by atoms with van der Waals surface area (Å²) in [6.07, 6.45) is 0.922. The summed E-state index contributed by atoms with van der Waals surface area (Å²) in [6.45, 7) is 1.43. The van der Waals surface area contributed by atoms with Crippen LogP contribution in [0.4, 0.5) is 18.9 Å². The van der Waals surface area contributed by atoms with E-state index in [1.54, 1.807) is 31.2 Å². The average Bonchev–Trinajstić information content (AvgIpc) is 3.14. The van der Waals surface area contributed by atoms with Gasteiger partial charge in [-0.15, -0.1) is 17.8 Å². The summed E-state index contributed by atoms with van der Waals surface area (Å²) < 4.78 is 38.3. The Bertz CT molecular complexity index is 1190. The zero-order valence-corrected chi connectivity index (χ0v) is 18.0. The number of rotatable bonds is 5. The number of nitrogens with one attached hydrogen (secondary N) is 1. The maximum atomic E-state index is 12.8. The number of carbonyl (C=O) groups excluding carboxylic acids is 2. The number of halogens is 3. The SMILES string of the molecule is C#Cc1cccc(NC(=O)CN(C)C(=O)c2sc(-c3ccc(C(F)(F)F)cc3)nc2C)c1. The molecule has 0 radical (unpaired) electrons. The van der Waals surface area contributed by atoms with Crippen molar-refractivity contribution in [3.05, 3.63) is 70.2 Å². The topological polar surface area (TPSA) is 62.3 Å². The van der Waals surface area contributed by atoms with Crippen molar-refractivity contribution in [2.75, 3.05) is 18.9 Å². The Morgan fingerprint density at radius 1 is 1.19 bits per heavy atom. The van der Waals surface area contributed by atoms with Crippen LogP contribution in [0.2, 0.25) is 0 Å². The third kappa shape index (κ3) is 5.34. The van der Waals surface area contributed by atoms with Crippen molar-refractivity contribution in [1.82, 2.24) is 9.88 Å². The van der Waals surface area contributed by atoms with Crippen molar-refractivity contribution in [2.45, 2.75) is 13.1 Å². The van der Waals surface area contributed by atoms with Crippen LogP contribution in [0.5, 0.6) is 0 Å². The lowest BCUT2D eigenvalue weighted by molar-refractivity contribution is -0.137. The molecule has 3 aromatic rings. The van der Waals surface area contributed by atoms with Crippen LogP contribution in [-0.4, -0.2) is 35.3 Å². The highest BCUT2D eigenvalue weighted by Gasteiger charge is 2.30. The molecule has 0 saturated carbocycles. The molecule has 164 valence electrons. The third-order valence-corrected chi connectivity index (χ3v) is 5.68. The Balaban J connectivity index is 1.70. The lowest BCUT2D eigenvalue weighted by Crippen LogP contribution is -2.34. The number of terminal acetylenes is 1. The molecule has 1 heterocycles. The van der Waals surface area contributed by atoms with E-state index in [4.69, 9.17) is 6.42 Å². The van der Waals surface area contributed by atoms with Crippen molar-refractivity contribution in [1.29, 1.82) is 0 Å². The predicted octanol–water partition coefficient (Wildman–Crippen LogP) is 4.83. The highest BCUT2D eigenvalue weighted by molar-refractivity contribution is 7.17. The first-order chi connectivity index (χ1) is 15.1. The van der Waals surface area contributed by atoms with Gasteiger partial charge in [-0.1, -0.05) is 24.1 Å². The Hall–Kier alpha value is -3.64. The zero-order chi connectivity index (χ0) is 23.5. The van der Waals surface area contributed by atoms with Crippen LogP contribution in [0.3, 0.4) is 0 Å². The van der Waals surface area contributed by atoms with Crippen LogP contribution < -0.4 is 5.32 Å². The Labute approximate surface area is 186 Å². The number of thiazole rings is 1. The highest BCUT2D eigenvalue weighted by atomic mass is 32.1. The first kappa shape index (κ1) is 23.0. The lowest BCUT2D eigenvalue weighted by atomic mass is 10.1. The molecular weight excluding hydrogens is 439 g/mol. The zero-order valence-electron chi connectivity index (χ0n) is 17.2. The van der Waals surface area contributed by atoms with E-state index in [2.05, 4.69) is 16.2 Å². The van der Waals surface area contributed by atoms with Gasteiger partial charge in [0.05, 0.1) is 17.8 Å². The van der Waals surface area contributed by atoms with Gasteiger partial charge in [0, 0.05) is 23.9 Å². The van der Waals surface area contributed by atoms with E-state index in [9.17, 15) is 22.8 Å². The molecular formula is C23H18F3N3O2S. The molecule has 0 aliphatic heterocycles. The Morgan fingerprint density at radius 2 is 1.88 bits per heavy atom. The molecule has 0 saturated heterocycles. The van der Waals surface area contributed by atoms with Crippen LogP contribution >= 0.6 is 11.3 Å². The van der Waals surface area contributed by atoms with E-state index in [-0.39, 0.29) is 6.54 Å². The number of nitrogens with zero attached hydrogens (tertiary/aromatic N) is 2. The molecule has 5 nitrogen and oxygen atoms in total. The molecule has 0 fully saturated rings. The number of aryl methyl sites for hydroxylation is 1. The average molecular weight is 457 g/mol. The number of likely N-dealkylation sites (N-methyl/N-ethyl adjacent to an activating group) is 1. The number of carbonyl (C=O) groups is 2. The number of hydrogen-bond donors (Lipinski definition) is 1. The van der Waals surface area contributed by atoms with Crippen LogP contribution in [-0.2, 0) is 11.0 Å². The standard InChI is InChI=1S/C23H18F3N3O2S/c1-4-15-6-5-7-18(12-15)28-19(30)13-29(3)22(31)20-14(2)27-21(32-20)16-8-10-17(11-9-16)23(24,25)26/h1,5-12H,13H2,2-3H3,(H,28,30). The molecule has 3 rings (SSSR count). The summed E-state index contributed by atoms with van der Waals surface area (Å²) in [5, 5.41) is 3.10. The third-order valence-electron chi connectivity index (χ3n) is 4.49. The van der Waals surface area contributed by atoms with E-state index in [0.717, 1.165) is 23.5 Å². The normalized spacial score (nSPS) is 11.0. The molecule has 2 amide bonds. The van der Waals surface area contributed by atoms with Crippen LogP contribution in [0.25, 0.3) is 10.6 Å². The van der Waals surface area contributed by atoms with Gasteiger partial charge in [0.1, 0.15) is 9.88 Å². The smallest absolute Gasteiger partial charge is 0.332 e. The van der Waals surface area contributed by atoms with Crippen molar-refractivity contribution in [3.8, 4) is 22.9 Å². The minimum Gasteiger partial charge on any atom is -0.332 e. The molecule has 32 heavy (non-hydrogen) atoms. The fourth-order valence-corrected chi connectivity index (χ4v) is 3.93. The van der Waals surface area contributed by atoms with Crippen molar-refractivity contribution in [2.24, 2.45) is 0 Å². The maximum absolute atomic E-state index is 12.8. The van der Waals surface area contributed by atoms with E-state index >= 15 is 0 Å². The van der Waals surface area contributed by atoms with Gasteiger partial charge in [-0.25, -0.2) is 4.98 Å². The fraction of sp³-hybridized carbons (Fsp3) is 0.174. The summed E-state index contributed by atoms with van der Waals surface area (Å²) in [5.74, 6) is 1.66. The number of anilines is 1. The number of amides is 2. The van der Waals surface area contributed by atoms with Gasteiger partial charge in [-0.05, 0) is 37.3 Å². The van der Waals surface area contributed by atoms with Crippen molar-refractivity contribution in [3.63, 3.8) is 0 Å². The molecule has 1 aromatic heterocycles. The van der Waals surface area contributed by atoms with E-state index in [1.165, 1.54) is 24.1 Å². The minimum absolute atomic E-state index is 0.202. The first-order valence-corrected chi connectivity index (χ1v) is 10.2. The molecule has 0 aliphatic carbocycles. The minimum atomic E-state index is -4.43. The van der Waals surface area contributed by atoms with Gasteiger partial charge in [-0.3, -0.25) is 9.59 Å². The number of benzene rings is 2. The summed E-state index contributed by atoms with van der Waals surface area (Å²) in [7, 11) is 1.48. The van der Waals surface area contributed by atoms with E-state index < -0.39 is 23.6 Å². The largest absolute Gasteiger partial charge is 0.416 e. The molecule has 0 bridgehead atoms. The van der Waals surface area contributed by atoms with Crippen molar-refractivity contribution < 1.29 is 22.8 Å². The lowest BCUT2D eigenvalue weighted by Gasteiger charge is -2.16. The predicted molar refractivity (Wildman–Crippen MR) is 117 cm³/mol. The van der Waals surface area contributed by atoms with E-state index in [1.807, 2.05) is 0 Å². The quantitative estimate of drug-likeness (QED) is 0.559. The maximum Gasteiger partial charge on any atom is 0.416 e. The van der Waals surface area contributed by atoms with Gasteiger partial charge in [0.15, 0.2) is 0 Å². The van der Waals surface area contributed by atoms with Crippen LogP contribution in [0.1, 0.15) is 26.5 Å². The first-order valence-electron chi connectivity index (χ1n) is 9.35. The molecule has 0 unspecified atom stereocenters. The second-order valence-corrected chi connectivity index (χ2v) is 7.94. The Morgan fingerprint density at radius 3 is 2.50 bits per heavy atom. The van der Waals surface area contributed by atoms with E-state index in [0.29, 0.717) is 32.4 Å². The molecule has 0 atom stereocenters. The van der Waals surface area contributed by atoms with Gasteiger partial charge in [-0.2, -0.15) is 13.2 Å². The Kier molecular flexibility index (Phi) is 6.65. The summed E-state index contributed by atoms with van der Waals surface area (Å²) in [5.41, 5.74) is 1.28. The van der Waals surface area contributed by atoms with Gasteiger partial charge in [0.25, 0.3) is 5.91 Å². The van der Waals surface area contributed by atoms with Crippen LogP contribution in [0.15, 0.2) is 48.5 Å². The molecule has 0 aliphatic rings.